The van der Waals surface area contributed by atoms with Crippen molar-refractivity contribution in [2.75, 3.05) is 13.1 Å². The maximum absolute atomic E-state index is 12.9. The van der Waals surface area contributed by atoms with Gasteiger partial charge in [-0.05, 0) is 89.8 Å². The minimum Gasteiger partial charge on any atom is -0.444 e. The van der Waals surface area contributed by atoms with Gasteiger partial charge in [0.2, 0.25) is 0 Å². The lowest BCUT2D eigenvalue weighted by Gasteiger charge is -2.27. The van der Waals surface area contributed by atoms with E-state index in [1.54, 1.807) is 90.1 Å². The minimum absolute atomic E-state index is 0.266. The fourth-order valence-electron chi connectivity index (χ4n) is 6.47. The van der Waals surface area contributed by atoms with Crippen molar-refractivity contribution in [2.24, 2.45) is 0 Å². The largest absolute Gasteiger partial charge is 0.444 e. The van der Waals surface area contributed by atoms with Gasteiger partial charge < -0.3 is 20.1 Å². The lowest BCUT2D eigenvalue weighted by Crippen LogP contribution is -2.38. The molecule has 0 bridgehead atoms. The van der Waals surface area contributed by atoms with Crippen molar-refractivity contribution >= 4 is 35.8 Å². The summed E-state index contributed by atoms with van der Waals surface area (Å²) in [5.41, 5.74) is 2.13. The van der Waals surface area contributed by atoms with E-state index in [4.69, 9.17) is 9.47 Å². The second-order valence-corrected chi connectivity index (χ2v) is 15.3. The molecular formula is C44H48N4O8. The van der Waals surface area contributed by atoms with Crippen molar-refractivity contribution in [3.05, 3.63) is 143 Å². The van der Waals surface area contributed by atoms with Crippen LogP contribution in [0.4, 0.5) is 9.59 Å². The van der Waals surface area contributed by atoms with Gasteiger partial charge in [0, 0.05) is 13.1 Å². The fourth-order valence-corrected chi connectivity index (χ4v) is 6.47. The second-order valence-electron chi connectivity index (χ2n) is 15.3. The Morgan fingerprint density at radius 1 is 0.482 bits per heavy atom. The van der Waals surface area contributed by atoms with Gasteiger partial charge in [-0.15, -0.1) is 0 Å². The first-order valence-electron chi connectivity index (χ1n) is 18.5. The topological polar surface area (TPSA) is 151 Å². The van der Waals surface area contributed by atoms with Gasteiger partial charge in [-0.3, -0.25) is 29.0 Å². The second kappa shape index (κ2) is 17.4. The smallest absolute Gasteiger partial charge is 0.407 e. The number of imide groups is 2. The number of fused-ring (bicyclic) bond motifs is 2. The predicted molar refractivity (Wildman–Crippen MR) is 210 cm³/mol. The summed E-state index contributed by atoms with van der Waals surface area (Å²) in [6.07, 6.45) is -0.285. The van der Waals surface area contributed by atoms with Crippen LogP contribution in [0.1, 0.15) is 119 Å². The van der Waals surface area contributed by atoms with E-state index in [2.05, 4.69) is 10.6 Å². The average molecular weight is 761 g/mol. The molecule has 12 heteroatoms. The van der Waals surface area contributed by atoms with Crippen molar-refractivity contribution in [1.82, 2.24) is 20.4 Å². The quantitative estimate of drug-likeness (QED) is 0.155. The number of carbonyl (C=O) groups excluding carboxylic acids is 6. The molecule has 0 saturated carbocycles. The Hall–Kier alpha value is -6.30. The molecule has 0 spiro atoms. The van der Waals surface area contributed by atoms with Crippen LogP contribution in [0.15, 0.2) is 109 Å². The van der Waals surface area contributed by atoms with Gasteiger partial charge in [0.1, 0.15) is 11.2 Å². The number of rotatable bonds is 10. The molecule has 2 heterocycles. The van der Waals surface area contributed by atoms with Crippen LogP contribution in [-0.2, 0) is 9.47 Å². The molecule has 2 aliphatic rings. The van der Waals surface area contributed by atoms with Crippen molar-refractivity contribution in [3.63, 3.8) is 0 Å². The molecular weight excluding hydrogens is 713 g/mol. The Balaban J connectivity index is 0.000000214. The van der Waals surface area contributed by atoms with Gasteiger partial charge in [0.05, 0.1) is 34.3 Å². The van der Waals surface area contributed by atoms with E-state index in [9.17, 15) is 28.8 Å². The van der Waals surface area contributed by atoms with Crippen LogP contribution in [-0.4, -0.2) is 69.9 Å². The first-order chi connectivity index (χ1) is 26.6. The third-order valence-corrected chi connectivity index (χ3v) is 8.81. The number of hydrogen-bond donors (Lipinski definition) is 2. The van der Waals surface area contributed by atoms with E-state index in [1.807, 2.05) is 60.7 Å². The Kier molecular flexibility index (Phi) is 12.7. The summed E-state index contributed by atoms with van der Waals surface area (Å²) < 4.78 is 10.5. The molecule has 0 aromatic heterocycles. The molecule has 2 aliphatic heterocycles. The molecule has 0 aliphatic carbocycles. The zero-order valence-electron chi connectivity index (χ0n) is 32.5. The number of carbonyl (C=O) groups is 6. The Labute approximate surface area is 327 Å². The van der Waals surface area contributed by atoms with Crippen molar-refractivity contribution in [1.29, 1.82) is 0 Å². The molecule has 12 nitrogen and oxygen atoms in total. The maximum atomic E-state index is 12.9. The molecule has 6 rings (SSSR count). The molecule has 0 radical (unpaired) electrons. The highest BCUT2D eigenvalue weighted by Gasteiger charge is 2.41. The number of amides is 6. The Morgan fingerprint density at radius 3 is 1.02 bits per heavy atom. The zero-order chi connectivity index (χ0) is 40.6. The van der Waals surface area contributed by atoms with Gasteiger partial charge in [0.15, 0.2) is 0 Å². The van der Waals surface area contributed by atoms with Crippen LogP contribution in [0.2, 0.25) is 0 Å². The van der Waals surface area contributed by atoms with E-state index in [0.29, 0.717) is 35.1 Å². The van der Waals surface area contributed by atoms with Crippen molar-refractivity contribution in [3.8, 4) is 0 Å². The van der Waals surface area contributed by atoms with E-state index >= 15 is 0 Å². The standard InChI is InChI=1S/2C22H24N2O4/c2*1-22(2,3)28-21(27)23-14-13-18(15-9-5-4-6-10-15)24-19(25)16-11-7-8-12-17(16)20(24)26/h2*4-12,18H,13-14H2,1-3H3,(H,23,27)/t2*18-/m10/s1. The summed E-state index contributed by atoms with van der Waals surface area (Å²) in [7, 11) is 0. The Morgan fingerprint density at radius 2 is 0.750 bits per heavy atom. The molecule has 0 unspecified atom stereocenters. The van der Waals surface area contributed by atoms with Crippen molar-refractivity contribution in [2.45, 2.75) is 77.7 Å². The van der Waals surface area contributed by atoms with Crippen LogP contribution in [0.5, 0.6) is 0 Å². The van der Waals surface area contributed by atoms with Gasteiger partial charge in [0.25, 0.3) is 23.6 Å². The highest BCUT2D eigenvalue weighted by atomic mass is 16.6. The fraction of sp³-hybridized carbons (Fsp3) is 0.318. The average Bonchev–Trinajstić information content (AvgIpc) is 3.55. The normalized spacial score (nSPS) is 14.6. The summed E-state index contributed by atoms with van der Waals surface area (Å²) in [6, 6.07) is 31.4. The number of alkyl carbamates (subject to hydrolysis) is 2. The molecule has 4 aromatic carbocycles. The molecule has 56 heavy (non-hydrogen) atoms. The molecule has 4 aromatic rings. The van der Waals surface area contributed by atoms with E-state index < -0.39 is 35.5 Å². The first-order valence-corrected chi connectivity index (χ1v) is 18.5. The first kappa shape index (κ1) is 40.9. The number of hydrogen-bond acceptors (Lipinski definition) is 8. The monoisotopic (exact) mass is 760 g/mol. The van der Waals surface area contributed by atoms with Crippen LogP contribution in [0.25, 0.3) is 0 Å². The molecule has 6 amide bonds. The summed E-state index contributed by atoms with van der Waals surface area (Å²) in [5.74, 6) is -1.25. The van der Waals surface area contributed by atoms with Gasteiger partial charge in [-0.2, -0.15) is 0 Å². The SMILES string of the molecule is CC(C)(C)OC(=O)NCC[C@@H](c1ccccc1)N1C(=O)c2ccccc2C1=O.CC(C)(C)OC(=O)NCC[C@H](c1ccccc1)N1C(=O)c2ccccc2C1=O. The van der Waals surface area contributed by atoms with E-state index in [-0.39, 0.29) is 36.7 Å². The van der Waals surface area contributed by atoms with Crippen LogP contribution in [0, 0.1) is 0 Å². The summed E-state index contributed by atoms with van der Waals surface area (Å²) in [5, 5.41) is 5.41. The lowest BCUT2D eigenvalue weighted by molar-refractivity contribution is 0.0495. The molecule has 2 atom stereocenters. The maximum Gasteiger partial charge on any atom is 0.407 e. The number of nitrogens with one attached hydrogen (secondary N) is 2. The number of benzene rings is 4. The molecule has 2 N–H and O–H groups in total. The Bertz CT molecular complexity index is 1850. The van der Waals surface area contributed by atoms with E-state index in [0.717, 1.165) is 11.1 Å². The van der Waals surface area contributed by atoms with Gasteiger partial charge >= 0.3 is 12.2 Å². The van der Waals surface area contributed by atoms with Gasteiger partial charge in [-0.25, -0.2) is 9.59 Å². The zero-order valence-corrected chi connectivity index (χ0v) is 32.5. The van der Waals surface area contributed by atoms with E-state index in [1.165, 1.54) is 9.80 Å². The van der Waals surface area contributed by atoms with Gasteiger partial charge in [-0.1, -0.05) is 84.9 Å². The third kappa shape index (κ3) is 10.1. The third-order valence-electron chi connectivity index (χ3n) is 8.81. The van der Waals surface area contributed by atoms with Crippen LogP contribution < -0.4 is 10.6 Å². The lowest BCUT2D eigenvalue weighted by atomic mass is 10.0. The summed E-state index contributed by atoms with van der Waals surface area (Å²) >= 11 is 0. The van der Waals surface area contributed by atoms with Crippen LogP contribution >= 0.6 is 0 Å². The number of ether oxygens (including phenoxy) is 2. The van der Waals surface area contributed by atoms with Crippen molar-refractivity contribution < 1.29 is 38.2 Å². The minimum atomic E-state index is -0.592. The number of nitrogens with zero attached hydrogens (tertiary/aromatic N) is 2. The van der Waals surface area contributed by atoms with Crippen LogP contribution in [0.3, 0.4) is 0 Å². The highest BCUT2D eigenvalue weighted by molar-refractivity contribution is 6.22. The highest BCUT2D eigenvalue weighted by Crippen LogP contribution is 2.34. The summed E-state index contributed by atoms with van der Waals surface area (Å²) in [6.45, 7) is 11.3. The molecule has 292 valence electrons. The molecule has 0 fully saturated rings. The molecule has 0 saturated heterocycles. The predicted octanol–water partition coefficient (Wildman–Crippen LogP) is 7.88. The summed E-state index contributed by atoms with van der Waals surface area (Å²) in [4.78, 5) is 78.0.